The van der Waals surface area contributed by atoms with Crippen LogP contribution in [-0.4, -0.2) is 29.5 Å². The maximum Gasteiger partial charge on any atom is 0.0724 e. The van der Waals surface area contributed by atoms with E-state index in [1.807, 2.05) is 32.0 Å². The van der Waals surface area contributed by atoms with Gasteiger partial charge in [-0.25, -0.2) is 0 Å². The first-order chi connectivity index (χ1) is 9.35. The van der Waals surface area contributed by atoms with E-state index in [9.17, 15) is 0 Å². The summed E-state index contributed by atoms with van der Waals surface area (Å²) in [6.45, 7) is 9.57. The Hall–Kier alpha value is -0.900. The summed E-state index contributed by atoms with van der Waals surface area (Å²) >= 11 is 0. The van der Waals surface area contributed by atoms with Gasteiger partial charge in [-0.15, -0.1) is 0 Å². The molecule has 1 N–H and O–H groups in total. The fourth-order valence-electron chi connectivity index (χ4n) is 1.84. The number of hydrogen-bond donors (Lipinski definition) is 1. The summed E-state index contributed by atoms with van der Waals surface area (Å²) in [5.74, 6) is 0. The standard InChI is InChI=1S/C17H28O3/c1-16(2,10-12-18)19-13-11-17(3,4)20-14-15-8-6-5-7-9-15/h5-9,18H,10-14H2,1-4H3. The van der Waals surface area contributed by atoms with E-state index in [4.69, 9.17) is 14.6 Å². The lowest BCUT2D eigenvalue weighted by Crippen LogP contribution is -2.31. The molecule has 20 heavy (non-hydrogen) atoms. The van der Waals surface area contributed by atoms with Crippen LogP contribution in [0.1, 0.15) is 46.1 Å². The lowest BCUT2D eigenvalue weighted by atomic mass is 10.0. The van der Waals surface area contributed by atoms with E-state index in [1.54, 1.807) is 0 Å². The molecule has 0 saturated heterocycles. The molecule has 1 aromatic carbocycles. The largest absolute Gasteiger partial charge is 0.396 e. The van der Waals surface area contributed by atoms with E-state index in [2.05, 4.69) is 26.0 Å². The molecular formula is C17H28O3. The first kappa shape index (κ1) is 17.2. The van der Waals surface area contributed by atoms with Crippen molar-refractivity contribution in [1.29, 1.82) is 0 Å². The normalized spacial score (nSPS) is 12.7. The number of aliphatic hydroxyl groups is 1. The van der Waals surface area contributed by atoms with Gasteiger partial charge in [0.05, 0.1) is 24.4 Å². The van der Waals surface area contributed by atoms with Crippen molar-refractivity contribution in [3.05, 3.63) is 35.9 Å². The Morgan fingerprint density at radius 2 is 1.50 bits per heavy atom. The smallest absolute Gasteiger partial charge is 0.0724 e. The molecule has 0 spiro atoms. The van der Waals surface area contributed by atoms with E-state index in [1.165, 1.54) is 5.56 Å². The summed E-state index contributed by atoms with van der Waals surface area (Å²) < 4.78 is 11.8. The van der Waals surface area contributed by atoms with E-state index in [0.29, 0.717) is 19.6 Å². The Balaban J connectivity index is 2.31. The van der Waals surface area contributed by atoms with Crippen molar-refractivity contribution in [3.63, 3.8) is 0 Å². The zero-order valence-corrected chi connectivity index (χ0v) is 13.2. The Bertz CT molecular complexity index is 371. The van der Waals surface area contributed by atoms with Gasteiger partial charge in [-0.1, -0.05) is 30.3 Å². The Labute approximate surface area is 122 Å². The highest BCUT2D eigenvalue weighted by molar-refractivity contribution is 5.13. The van der Waals surface area contributed by atoms with Gasteiger partial charge >= 0.3 is 0 Å². The summed E-state index contributed by atoms with van der Waals surface area (Å²) in [6, 6.07) is 10.2. The number of rotatable bonds is 9. The van der Waals surface area contributed by atoms with Crippen LogP contribution in [0, 0.1) is 0 Å². The number of hydrogen-bond acceptors (Lipinski definition) is 3. The minimum absolute atomic E-state index is 0.154. The van der Waals surface area contributed by atoms with Gasteiger partial charge in [0, 0.05) is 6.61 Å². The number of aliphatic hydroxyl groups excluding tert-OH is 1. The lowest BCUT2D eigenvalue weighted by Gasteiger charge is -2.29. The molecule has 0 aromatic heterocycles. The van der Waals surface area contributed by atoms with Crippen LogP contribution in [0.2, 0.25) is 0 Å². The molecule has 0 heterocycles. The molecule has 1 rings (SSSR count). The number of ether oxygens (including phenoxy) is 2. The molecule has 0 bridgehead atoms. The maximum absolute atomic E-state index is 8.97. The summed E-state index contributed by atoms with van der Waals surface area (Å²) in [7, 11) is 0. The van der Waals surface area contributed by atoms with Gasteiger partial charge in [0.15, 0.2) is 0 Å². The third kappa shape index (κ3) is 7.04. The third-order valence-corrected chi connectivity index (χ3v) is 3.38. The Morgan fingerprint density at radius 1 is 0.900 bits per heavy atom. The summed E-state index contributed by atoms with van der Waals surface area (Å²) in [5.41, 5.74) is 0.692. The van der Waals surface area contributed by atoms with Gasteiger partial charge in [0.25, 0.3) is 0 Å². The second kappa shape index (κ2) is 7.77. The molecule has 3 heteroatoms. The molecular weight excluding hydrogens is 252 g/mol. The van der Waals surface area contributed by atoms with Crippen LogP contribution in [0.3, 0.4) is 0 Å². The van der Waals surface area contributed by atoms with Crippen molar-refractivity contribution in [1.82, 2.24) is 0 Å². The van der Waals surface area contributed by atoms with Crippen LogP contribution in [0.4, 0.5) is 0 Å². The predicted octanol–water partition coefficient (Wildman–Crippen LogP) is 3.55. The van der Waals surface area contributed by atoms with Gasteiger partial charge in [-0.3, -0.25) is 0 Å². The maximum atomic E-state index is 8.97. The minimum Gasteiger partial charge on any atom is -0.396 e. The fourth-order valence-corrected chi connectivity index (χ4v) is 1.84. The average Bonchev–Trinajstić information content (AvgIpc) is 2.37. The zero-order valence-electron chi connectivity index (χ0n) is 13.2. The van der Waals surface area contributed by atoms with Crippen molar-refractivity contribution in [2.24, 2.45) is 0 Å². The molecule has 0 aliphatic carbocycles. The van der Waals surface area contributed by atoms with Crippen LogP contribution < -0.4 is 0 Å². The molecule has 0 atom stereocenters. The highest BCUT2D eigenvalue weighted by Crippen LogP contribution is 2.20. The Morgan fingerprint density at radius 3 is 2.10 bits per heavy atom. The zero-order chi connectivity index (χ0) is 15.1. The average molecular weight is 280 g/mol. The molecule has 0 aliphatic heterocycles. The van der Waals surface area contributed by atoms with Crippen LogP contribution in [0.15, 0.2) is 30.3 Å². The summed E-state index contributed by atoms with van der Waals surface area (Å²) in [4.78, 5) is 0. The topological polar surface area (TPSA) is 38.7 Å². The SMILES string of the molecule is CC(C)(CCO)OCCC(C)(C)OCc1ccccc1. The van der Waals surface area contributed by atoms with Crippen molar-refractivity contribution < 1.29 is 14.6 Å². The highest BCUT2D eigenvalue weighted by atomic mass is 16.5. The monoisotopic (exact) mass is 280 g/mol. The van der Waals surface area contributed by atoms with Crippen LogP contribution in [0.25, 0.3) is 0 Å². The first-order valence-electron chi connectivity index (χ1n) is 7.27. The summed E-state index contributed by atoms with van der Waals surface area (Å²) in [6.07, 6.45) is 1.48. The van der Waals surface area contributed by atoms with E-state index in [-0.39, 0.29) is 17.8 Å². The van der Waals surface area contributed by atoms with Gasteiger partial charge in [0.1, 0.15) is 0 Å². The molecule has 3 nitrogen and oxygen atoms in total. The second-order valence-corrected chi connectivity index (χ2v) is 6.37. The minimum atomic E-state index is -0.274. The predicted molar refractivity (Wildman–Crippen MR) is 81.7 cm³/mol. The quantitative estimate of drug-likeness (QED) is 0.752. The molecule has 1 aromatic rings. The van der Waals surface area contributed by atoms with E-state index in [0.717, 1.165) is 6.42 Å². The third-order valence-electron chi connectivity index (χ3n) is 3.38. The molecule has 0 radical (unpaired) electrons. The van der Waals surface area contributed by atoms with Crippen molar-refractivity contribution >= 4 is 0 Å². The fraction of sp³-hybridized carbons (Fsp3) is 0.647. The van der Waals surface area contributed by atoms with Gasteiger partial charge in [-0.2, -0.15) is 0 Å². The first-order valence-corrected chi connectivity index (χ1v) is 7.27. The highest BCUT2D eigenvalue weighted by Gasteiger charge is 2.22. The van der Waals surface area contributed by atoms with Crippen molar-refractivity contribution in [3.8, 4) is 0 Å². The Kier molecular flexibility index (Phi) is 6.66. The van der Waals surface area contributed by atoms with Crippen LogP contribution >= 0.6 is 0 Å². The molecule has 0 aliphatic rings. The lowest BCUT2D eigenvalue weighted by molar-refractivity contribution is -0.0827. The second-order valence-electron chi connectivity index (χ2n) is 6.37. The molecule has 0 fully saturated rings. The van der Waals surface area contributed by atoms with Crippen molar-refractivity contribution in [2.45, 2.75) is 58.3 Å². The molecule has 0 saturated carbocycles. The molecule has 0 unspecified atom stereocenters. The van der Waals surface area contributed by atoms with E-state index >= 15 is 0 Å². The van der Waals surface area contributed by atoms with Crippen LogP contribution in [-0.2, 0) is 16.1 Å². The number of benzene rings is 1. The van der Waals surface area contributed by atoms with Gasteiger partial charge < -0.3 is 14.6 Å². The van der Waals surface area contributed by atoms with E-state index < -0.39 is 0 Å². The molecule has 114 valence electrons. The summed E-state index contributed by atoms with van der Waals surface area (Å²) in [5, 5.41) is 8.97. The van der Waals surface area contributed by atoms with Gasteiger partial charge in [-0.05, 0) is 46.1 Å². The molecule has 0 amide bonds. The van der Waals surface area contributed by atoms with Crippen LogP contribution in [0.5, 0.6) is 0 Å². The van der Waals surface area contributed by atoms with Crippen molar-refractivity contribution in [2.75, 3.05) is 13.2 Å². The van der Waals surface area contributed by atoms with Gasteiger partial charge in [0.2, 0.25) is 0 Å².